The molecule has 0 aliphatic carbocycles. The standard InChI is InChI=1S/C21H24N4O2/c1-27-18-9-6-15(7-10-18)4-5-16-3-2-12-25(14-16)21(26)17-8-11-19-20(13-17)23-24-22-19/h6-11,13,16H,2-5,12,14H2,1H3,(H,22,23,24). The van der Waals surface area contributed by atoms with Gasteiger partial charge in [0.15, 0.2) is 0 Å². The highest BCUT2D eigenvalue weighted by atomic mass is 16.5. The number of nitrogens with zero attached hydrogens (tertiary/aromatic N) is 3. The topological polar surface area (TPSA) is 71.1 Å². The predicted octanol–water partition coefficient (Wildman–Crippen LogP) is 3.45. The molecule has 6 heteroatoms. The monoisotopic (exact) mass is 364 g/mol. The molecule has 0 radical (unpaired) electrons. The maximum Gasteiger partial charge on any atom is 0.253 e. The third-order valence-electron chi connectivity index (χ3n) is 5.37. The summed E-state index contributed by atoms with van der Waals surface area (Å²) in [6.07, 6.45) is 4.37. The van der Waals surface area contributed by atoms with Crippen LogP contribution in [0.2, 0.25) is 0 Å². The molecule has 1 amide bonds. The number of likely N-dealkylation sites (tertiary alicyclic amines) is 1. The van der Waals surface area contributed by atoms with E-state index in [0.29, 0.717) is 11.5 Å². The molecule has 2 aromatic carbocycles. The molecule has 0 bridgehead atoms. The summed E-state index contributed by atoms with van der Waals surface area (Å²) in [5.74, 6) is 1.52. The first kappa shape index (κ1) is 17.5. The number of hydrogen-bond donors (Lipinski definition) is 1. The lowest BCUT2D eigenvalue weighted by molar-refractivity contribution is 0.0668. The van der Waals surface area contributed by atoms with E-state index >= 15 is 0 Å². The van der Waals surface area contributed by atoms with Crippen molar-refractivity contribution < 1.29 is 9.53 Å². The van der Waals surface area contributed by atoms with Crippen LogP contribution in [0.15, 0.2) is 42.5 Å². The van der Waals surface area contributed by atoms with E-state index in [9.17, 15) is 4.79 Å². The molecular formula is C21H24N4O2. The number of H-pyrrole nitrogens is 1. The first-order valence-electron chi connectivity index (χ1n) is 9.45. The number of benzene rings is 2. The van der Waals surface area contributed by atoms with Crippen LogP contribution in [0.3, 0.4) is 0 Å². The number of nitrogens with one attached hydrogen (secondary N) is 1. The van der Waals surface area contributed by atoms with E-state index in [1.807, 2.05) is 35.2 Å². The molecule has 0 spiro atoms. The van der Waals surface area contributed by atoms with Crippen LogP contribution in [-0.2, 0) is 6.42 Å². The lowest BCUT2D eigenvalue weighted by Gasteiger charge is -2.33. The van der Waals surface area contributed by atoms with Crippen molar-refractivity contribution in [2.45, 2.75) is 25.7 Å². The molecule has 1 atom stereocenters. The van der Waals surface area contributed by atoms with Crippen LogP contribution in [0, 0.1) is 5.92 Å². The number of aromatic nitrogens is 3. The van der Waals surface area contributed by atoms with Crippen LogP contribution < -0.4 is 4.74 Å². The maximum absolute atomic E-state index is 12.9. The van der Waals surface area contributed by atoms with Gasteiger partial charge in [-0.15, -0.1) is 0 Å². The van der Waals surface area contributed by atoms with Gasteiger partial charge in [0.2, 0.25) is 0 Å². The molecule has 1 unspecified atom stereocenters. The first-order valence-corrected chi connectivity index (χ1v) is 9.45. The Morgan fingerprint density at radius 3 is 2.81 bits per heavy atom. The van der Waals surface area contributed by atoms with E-state index in [1.165, 1.54) is 12.0 Å². The van der Waals surface area contributed by atoms with Crippen LogP contribution in [0.25, 0.3) is 11.0 Å². The molecule has 1 saturated heterocycles. The van der Waals surface area contributed by atoms with Gasteiger partial charge in [0.05, 0.1) is 7.11 Å². The van der Waals surface area contributed by atoms with Crippen molar-refractivity contribution in [3.8, 4) is 5.75 Å². The molecule has 27 heavy (non-hydrogen) atoms. The molecule has 4 rings (SSSR count). The number of aromatic amines is 1. The average Bonchev–Trinajstić information content (AvgIpc) is 3.20. The fourth-order valence-corrected chi connectivity index (χ4v) is 3.80. The van der Waals surface area contributed by atoms with Crippen molar-refractivity contribution in [3.05, 3.63) is 53.6 Å². The maximum atomic E-state index is 12.9. The number of carbonyl (C=O) groups excluding carboxylic acids is 1. The lowest BCUT2D eigenvalue weighted by Crippen LogP contribution is -2.40. The van der Waals surface area contributed by atoms with E-state index in [0.717, 1.165) is 49.1 Å². The Kier molecular flexibility index (Phi) is 5.05. The fraction of sp³-hybridized carbons (Fsp3) is 0.381. The van der Waals surface area contributed by atoms with Crippen LogP contribution in [0.1, 0.15) is 35.2 Å². The molecular weight excluding hydrogens is 340 g/mol. The molecule has 1 aliphatic heterocycles. The summed E-state index contributed by atoms with van der Waals surface area (Å²) < 4.78 is 5.21. The summed E-state index contributed by atoms with van der Waals surface area (Å²) in [7, 11) is 1.68. The molecule has 1 fully saturated rings. The van der Waals surface area contributed by atoms with Crippen LogP contribution in [0.5, 0.6) is 5.75 Å². The molecule has 2 heterocycles. The van der Waals surface area contributed by atoms with Crippen molar-refractivity contribution in [1.82, 2.24) is 20.3 Å². The summed E-state index contributed by atoms with van der Waals surface area (Å²) in [6.45, 7) is 1.65. The zero-order valence-corrected chi connectivity index (χ0v) is 15.5. The van der Waals surface area contributed by atoms with Crippen molar-refractivity contribution in [1.29, 1.82) is 0 Å². The Morgan fingerprint density at radius 1 is 1.19 bits per heavy atom. The summed E-state index contributed by atoms with van der Waals surface area (Å²) in [6, 6.07) is 13.8. The number of rotatable bonds is 5. The van der Waals surface area contributed by atoms with Crippen LogP contribution >= 0.6 is 0 Å². The Labute approximate surface area is 158 Å². The second-order valence-electron chi connectivity index (χ2n) is 7.17. The van der Waals surface area contributed by atoms with Gasteiger partial charge in [-0.25, -0.2) is 0 Å². The van der Waals surface area contributed by atoms with Gasteiger partial charge in [-0.2, -0.15) is 15.4 Å². The Hall–Kier alpha value is -2.89. The molecule has 1 N–H and O–H groups in total. The van der Waals surface area contributed by atoms with Gasteiger partial charge in [-0.05, 0) is 67.5 Å². The average molecular weight is 364 g/mol. The van der Waals surface area contributed by atoms with Gasteiger partial charge in [0, 0.05) is 18.7 Å². The molecule has 140 valence electrons. The molecule has 6 nitrogen and oxygen atoms in total. The minimum atomic E-state index is 0.0917. The third kappa shape index (κ3) is 3.94. The fourth-order valence-electron chi connectivity index (χ4n) is 3.80. The van der Waals surface area contributed by atoms with E-state index in [4.69, 9.17) is 4.74 Å². The largest absolute Gasteiger partial charge is 0.497 e. The van der Waals surface area contributed by atoms with E-state index in [-0.39, 0.29) is 5.91 Å². The quantitative estimate of drug-likeness (QED) is 0.753. The number of carbonyl (C=O) groups is 1. The van der Waals surface area contributed by atoms with E-state index < -0.39 is 0 Å². The highest BCUT2D eigenvalue weighted by molar-refractivity contribution is 5.97. The molecule has 1 aromatic heterocycles. The van der Waals surface area contributed by atoms with Gasteiger partial charge < -0.3 is 9.64 Å². The lowest BCUT2D eigenvalue weighted by atomic mass is 9.91. The number of piperidine rings is 1. The van der Waals surface area contributed by atoms with Gasteiger partial charge >= 0.3 is 0 Å². The van der Waals surface area contributed by atoms with Gasteiger partial charge in [0.1, 0.15) is 16.8 Å². The Balaban J connectivity index is 1.37. The smallest absolute Gasteiger partial charge is 0.253 e. The molecule has 0 saturated carbocycles. The zero-order chi connectivity index (χ0) is 18.6. The van der Waals surface area contributed by atoms with Gasteiger partial charge in [-0.3, -0.25) is 4.79 Å². The minimum absolute atomic E-state index is 0.0917. The summed E-state index contributed by atoms with van der Waals surface area (Å²) in [5, 5.41) is 10.7. The van der Waals surface area contributed by atoms with Crippen molar-refractivity contribution in [3.63, 3.8) is 0 Å². The predicted molar refractivity (Wildman–Crippen MR) is 104 cm³/mol. The second-order valence-corrected chi connectivity index (χ2v) is 7.17. The highest BCUT2D eigenvalue weighted by Crippen LogP contribution is 2.24. The summed E-state index contributed by atoms with van der Waals surface area (Å²) >= 11 is 0. The third-order valence-corrected chi connectivity index (χ3v) is 5.37. The van der Waals surface area contributed by atoms with Crippen molar-refractivity contribution in [2.24, 2.45) is 5.92 Å². The SMILES string of the molecule is COc1ccc(CCC2CCCN(C(=O)c3ccc4n[nH]nc4c3)C2)cc1. The van der Waals surface area contributed by atoms with Crippen molar-refractivity contribution in [2.75, 3.05) is 20.2 Å². The zero-order valence-electron chi connectivity index (χ0n) is 15.5. The van der Waals surface area contributed by atoms with Crippen LogP contribution in [0.4, 0.5) is 0 Å². The second kappa shape index (κ2) is 7.78. The Bertz CT molecular complexity index is 919. The molecule has 3 aromatic rings. The summed E-state index contributed by atoms with van der Waals surface area (Å²) in [5.41, 5.74) is 3.51. The minimum Gasteiger partial charge on any atom is -0.497 e. The summed E-state index contributed by atoms with van der Waals surface area (Å²) in [4.78, 5) is 14.9. The highest BCUT2D eigenvalue weighted by Gasteiger charge is 2.24. The number of methoxy groups -OCH3 is 1. The van der Waals surface area contributed by atoms with E-state index in [1.54, 1.807) is 7.11 Å². The first-order chi connectivity index (χ1) is 13.2. The Morgan fingerprint density at radius 2 is 2.00 bits per heavy atom. The van der Waals surface area contributed by atoms with Gasteiger partial charge in [0.25, 0.3) is 5.91 Å². The number of aryl methyl sites for hydroxylation is 1. The number of amides is 1. The van der Waals surface area contributed by atoms with Gasteiger partial charge in [-0.1, -0.05) is 12.1 Å². The normalized spacial score (nSPS) is 17.2. The number of ether oxygens (including phenoxy) is 1. The number of hydrogen-bond acceptors (Lipinski definition) is 4. The van der Waals surface area contributed by atoms with E-state index in [2.05, 4.69) is 27.5 Å². The molecule has 1 aliphatic rings. The van der Waals surface area contributed by atoms with Crippen molar-refractivity contribution >= 4 is 16.9 Å². The number of fused-ring (bicyclic) bond motifs is 1. The van der Waals surface area contributed by atoms with Crippen LogP contribution in [-0.4, -0.2) is 46.4 Å².